The van der Waals surface area contributed by atoms with Gasteiger partial charge in [0.15, 0.2) is 5.13 Å². The highest BCUT2D eigenvalue weighted by molar-refractivity contribution is 7.13. The van der Waals surface area contributed by atoms with E-state index < -0.39 is 0 Å². The lowest BCUT2D eigenvalue weighted by Crippen LogP contribution is -2.47. The maximum Gasteiger partial charge on any atom is 0.307 e. The molecule has 2 heterocycles. The number of carbonyl (C=O) groups excluding carboxylic acids is 1. The number of hydrogen-bond donors (Lipinski definition) is 0. The third-order valence-corrected chi connectivity index (χ3v) is 3.95. The molecule has 0 aromatic carbocycles. The van der Waals surface area contributed by atoms with Gasteiger partial charge in [0.2, 0.25) is 0 Å². The molecular formula is C14H23N3O2S. The Bertz CT molecular complexity index is 420. The van der Waals surface area contributed by atoms with Crippen molar-refractivity contribution in [1.29, 1.82) is 0 Å². The second-order valence-corrected chi connectivity index (χ2v) is 6.85. The van der Waals surface area contributed by atoms with Crippen molar-refractivity contribution in [3.63, 3.8) is 0 Å². The molecule has 5 nitrogen and oxygen atoms in total. The molecule has 0 aliphatic carbocycles. The average Bonchev–Trinajstić information content (AvgIpc) is 2.89. The van der Waals surface area contributed by atoms with Crippen LogP contribution in [0.1, 0.15) is 27.2 Å². The summed E-state index contributed by atoms with van der Waals surface area (Å²) in [6, 6.07) is 0. The summed E-state index contributed by atoms with van der Waals surface area (Å²) in [6.45, 7) is 10.4. The van der Waals surface area contributed by atoms with Crippen LogP contribution in [0.2, 0.25) is 0 Å². The molecule has 0 saturated carbocycles. The number of aromatic nitrogens is 1. The van der Waals surface area contributed by atoms with E-state index in [9.17, 15) is 4.79 Å². The molecular weight excluding hydrogens is 274 g/mol. The Morgan fingerprint density at radius 1 is 1.35 bits per heavy atom. The first-order valence-corrected chi connectivity index (χ1v) is 7.91. The van der Waals surface area contributed by atoms with Crippen LogP contribution in [0.25, 0.3) is 0 Å². The first kappa shape index (κ1) is 15.3. The van der Waals surface area contributed by atoms with E-state index in [1.54, 1.807) is 11.3 Å². The normalized spacial score (nSPS) is 17.2. The number of piperazine rings is 1. The van der Waals surface area contributed by atoms with Crippen LogP contribution in [0.4, 0.5) is 5.13 Å². The highest BCUT2D eigenvalue weighted by Gasteiger charge is 2.21. The van der Waals surface area contributed by atoms with Crippen LogP contribution in [0.15, 0.2) is 11.6 Å². The molecule has 0 atom stereocenters. The maximum atomic E-state index is 11.7. The Morgan fingerprint density at radius 2 is 2.05 bits per heavy atom. The molecule has 6 heteroatoms. The van der Waals surface area contributed by atoms with Crippen LogP contribution < -0.4 is 4.90 Å². The molecule has 1 aromatic rings. The van der Waals surface area contributed by atoms with Gasteiger partial charge in [0.1, 0.15) is 5.60 Å². The molecule has 0 spiro atoms. The number of ether oxygens (including phenoxy) is 1. The van der Waals surface area contributed by atoms with Crippen LogP contribution in [-0.2, 0) is 9.53 Å². The lowest BCUT2D eigenvalue weighted by molar-refractivity contribution is -0.155. The van der Waals surface area contributed by atoms with Gasteiger partial charge in [-0.15, -0.1) is 11.3 Å². The molecule has 1 aliphatic heterocycles. The van der Waals surface area contributed by atoms with Crippen molar-refractivity contribution in [1.82, 2.24) is 9.88 Å². The fourth-order valence-corrected chi connectivity index (χ4v) is 2.87. The molecule has 20 heavy (non-hydrogen) atoms. The molecule has 0 unspecified atom stereocenters. The van der Waals surface area contributed by atoms with Gasteiger partial charge < -0.3 is 9.64 Å². The average molecular weight is 297 g/mol. The second-order valence-electron chi connectivity index (χ2n) is 5.98. The number of rotatable bonds is 4. The van der Waals surface area contributed by atoms with Gasteiger partial charge in [-0.25, -0.2) is 4.98 Å². The molecule has 1 saturated heterocycles. The fourth-order valence-electron chi connectivity index (χ4n) is 2.18. The van der Waals surface area contributed by atoms with Gasteiger partial charge >= 0.3 is 5.97 Å². The van der Waals surface area contributed by atoms with Crippen LogP contribution in [-0.4, -0.2) is 54.2 Å². The van der Waals surface area contributed by atoms with Crippen LogP contribution in [0.3, 0.4) is 0 Å². The zero-order valence-electron chi connectivity index (χ0n) is 12.5. The van der Waals surface area contributed by atoms with Crippen molar-refractivity contribution in [3.05, 3.63) is 11.6 Å². The topological polar surface area (TPSA) is 45.7 Å². The van der Waals surface area contributed by atoms with Crippen molar-refractivity contribution in [3.8, 4) is 0 Å². The summed E-state index contributed by atoms with van der Waals surface area (Å²) in [7, 11) is 0. The molecule has 1 aliphatic rings. The van der Waals surface area contributed by atoms with Crippen LogP contribution >= 0.6 is 11.3 Å². The predicted molar refractivity (Wildman–Crippen MR) is 81.2 cm³/mol. The summed E-state index contributed by atoms with van der Waals surface area (Å²) < 4.78 is 5.32. The van der Waals surface area contributed by atoms with E-state index in [1.807, 2.05) is 32.3 Å². The Kier molecular flexibility index (Phi) is 4.99. The van der Waals surface area contributed by atoms with Gasteiger partial charge in [0.05, 0.1) is 6.42 Å². The first-order valence-electron chi connectivity index (χ1n) is 7.03. The summed E-state index contributed by atoms with van der Waals surface area (Å²) in [5.74, 6) is -0.111. The molecule has 0 bridgehead atoms. The van der Waals surface area contributed by atoms with Gasteiger partial charge in [-0.2, -0.15) is 0 Å². The summed E-state index contributed by atoms with van der Waals surface area (Å²) >= 11 is 1.68. The van der Waals surface area contributed by atoms with Crippen molar-refractivity contribution in [2.24, 2.45) is 0 Å². The van der Waals surface area contributed by atoms with Crippen molar-refractivity contribution in [2.45, 2.75) is 32.8 Å². The van der Waals surface area contributed by atoms with Gasteiger partial charge in [0, 0.05) is 44.3 Å². The molecule has 2 rings (SSSR count). The number of esters is 1. The lowest BCUT2D eigenvalue weighted by atomic mass is 10.2. The lowest BCUT2D eigenvalue weighted by Gasteiger charge is -2.34. The van der Waals surface area contributed by atoms with E-state index >= 15 is 0 Å². The predicted octanol–water partition coefficient (Wildman–Crippen LogP) is 2.00. The quantitative estimate of drug-likeness (QED) is 0.795. The van der Waals surface area contributed by atoms with E-state index in [1.165, 1.54) is 0 Å². The molecule has 0 N–H and O–H groups in total. The van der Waals surface area contributed by atoms with Gasteiger partial charge in [-0.3, -0.25) is 9.69 Å². The van der Waals surface area contributed by atoms with Crippen molar-refractivity contribution < 1.29 is 9.53 Å². The Labute approximate surface area is 124 Å². The van der Waals surface area contributed by atoms with Gasteiger partial charge in [-0.05, 0) is 20.8 Å². The summed E-state index contributed by atoms with van der Waals surface area (Å²) in [6.07, 6.45) is 2.31. The molecule has 112 valence electrons. The number of thiazole rings is 1. The number of anilines is 1. The van der Waals surface area contributed by atoms with E-state index in [2.05, 4.69) is 14.8 Å². The highest BCUT2D eigenvalue weighted by Crippen LogP contribution is 2.19. The van der Waals surface area contributed by atoms with Crippen molar-refractivity contribution in [2.75, 3.05) is 37.6 Å². The van der Waals surface area contributed by atoms with Gasteiger partial charge in [-0.1, -0.05) is 0 Å². The molecule has 1 fully saturated rings. The van der Waals surface area contributed by atoms with Crippen molar-refractivity contribution >= 4 is 22.4 Å². The molecule has 0 radical (unpaired) electrons. The second kappa shape index (κ2) is 6.54. The monoisotopic (exact) mass is 297 g/mol. The summed E-state index contributed by atoms with van der Waals surface area (Å²) in [4.78, 5) is 20.6. The van der Waals surface area contributed by atoms with E-state index in [-0.39, 0.29) is 11.6 Å². The Morgan fingerprint density at radius 3 is 2.60 bits per heavy atom. The highest BCUT2D eigenvalue weighted by atomic mass is 32.1. The third kappa shape index (κ3) is 4.76. The zero-order valence-corrected chi connectivity index (χ0v) is 13.3. The molecule has 0 amide bonds. The van der Waals surface area contributed by atoms with E-state index in [0.717, 1.165) is 37.9 Å². The maximum absolute atomic E-state index is 11.7. The van der Waals surface area contributed by atoms with E-state index in [0.29, 0.717) is 6.42 Å². The van der Waals surface area contributed by atoms with Crippen LogP contribution in [0, 0.1) is 0 Å². The number of hydrogen-bond acceptors (Lipinski definition) is 6. The van der Waals surface area contributed by atoms with Gasteiger partial charge in [0.25, 0.3) is 0 Å². The largest absolute Gasteiger partial charge is 0.460 e. The smallest absolute Gasteiger partial charge is 0.307 e. The van der Waals surface area contributed by atoms with Crippen LogP contribution in [0.5, 0.6) is 0 Å². The summed E-state index contributed by atoms with van der Waals surface area (Å²) in [5.41, 5.74) is -0.388. The summed E-state index contributed by atoms with van der Waals surface area (Å²) in [5, 5.41) is 3.10. The SMILES string of the molecule is CC(C)(C)OC(=O)CCN1CCN(c2nccs2)CC1. The minimum absolute atomic E-state index is 0.111. The zero-order chi connectivity index (χ0) is 14.6. The molecule has 1 aromatic heterocycles. The Balaban J connectivity index is 1.68. The standard InChI is InChI=1S/C14H23N3O2S/c1-14(2,3)19-12(18)4-6-16-7-9-17(10-8-16)13-15-5-11-20-13/h5,11H,4,6-10H2,1-3H3. The number of nitrogens with zero attached hydrogens (tertiary/aromatic N) is 3. The Hall–Kier alpha value is -1.14. The minimum atomic E-state index is -0.388. The minimum Gasteiger partial charge on any atom is -0.460 e. The van der Waals surface area contributed by atoms with E-state index in [4.69, 9.17) is 4.74 Å². The fraction of sp³-hybridized carbons (Fsp3) is 0.714. The number of carbonyl (C=O) groups is 1. The first-order chi connectivity index (χ1) is 9.44. The third-order valence-electron chi connectivity index (χ3n) is 3.11.